The zero-order valence-corrected chi connectivity index (χ0v) is 10.2. The minimum atomic E-state index is -0.0780. The Labute approximate surface area is 105 Å². The van der Waals surface area contributed by atoms with E-state index in [9.17, 15) is 4.79 Å². The van der Waals surface area contributed by atoms with Crippen molar-refractivity contribution in [2.75, 3.05) is 6.54 Å². The number of para-hydroxylation sites is 1. The molecular weight excluding hydrogens is 226 g/mol. The number of fused-ring (bicyclic) bond motifs is 1. The lowest BCUT2D eigenvalue weighted by Gasteiger charge is -2.06. The molecule has 1 aromatic heterocycles. The minimum absolute atomic E-state index is 0.0514. The fraction of sp³-hybridized carbons (Fsp3) is 0.286. The fourth-order valence-electron chi connectivity index (χ4n) is 1.79. The Bertz CT molecular complexity index is 639. The maximum atomic E-state index is 11.8. The Morgan fingerprint density at radius 1 is 1.44 bits per heavy atom. The van der Waals surface area contributed by atoms with Gasteiger partial charge in [-0.2, -0.15) is 5.26 Å². The highest BCUT2D eigenvalue weighted by Gasteiger charge is 2.03. The number of aromatic amines is 1. The molecular formula is C14H15N3O. The summed E-state index contributed by atoms with van der Waals surface area (Å²) in [6.45, 7) is 2.91. The molecule has 2 N–H and O–H groups in total. The first kappa shape index (κ1) is 12.3. The molecule has 0 aliphatic carbocycles. The maximum absolute atomic E-state index is 11.8. The van der Waals surface area contributed by atoms with Crippen molar-refractivity contribution in [3.05, 3.63) is 46.2 Å². The van der Waals surface area contributed by atoms with Gasteiger partial charge in [-0.3, -0.25) is 4.79 Å². The van der Waals surface area contributed by atoms with Crippen LogP contribution in [0, 0.1) is 17.2 Å². The van der Waals surface area contributed by atoms with Crippen LogP contribution in [0.15, 0.2) is 35.1 Å². The number of H-pyrrole nitrogens is 1. The summed E-state index contributed by atoms with van der Waals surface area (Å²) in [5.41, 5.74) is 1.46. The van der Waals surface area contributed by atoms with E-state index in [0.717, 1.165) is 10.9 Å². The van der Waals surface area contributed by atoms with E-state index in [1.807, 2.05) is 37.3 Å². The van der Waals surface area contributed by atoms with Crippen LogP contribution >= 0.6 is 0 Å². The first-order valence-corrected chi connectivity index (χ1v) is 5.92. The Kier molecular flexibility index (Phi) is 3.75. The third kappa shape index (κ3) is 2.76. The van der Waals surface area contributed by atoms with Crippen molar-refractivity contribution in [1.82, 2.24) is 10.3 Å². The van der Waals surface area contributed by atoms with Gasteiger partial charge in [-0.1, -0.05) is 18.2 Å². The number of pyridine rings is 1. The highest BCUT2D eigenvalue weighted by atomic mass is 16.1. The Morgan fingerprint density at radius 3 is 3.00 bits per heavy atom. The van der Waals surface area contributed by atoms with Crippen LogP contribution in [0.3, 0.4) is 0 Å². The highest BCUT2D eigenvalue weighted by Crippen LogP contribution is 2.09. The van der Waals surface area contributed by atoms with Crippen molar-refractivity contribution in [3.8, 4) is 6.07 Å². The second kappa shape index (κ2) is 5.48. The van der Waals surface area contributed by atoms with Crippen LogP contribution in [-0.2, 0) is 6.54 Å². The predicted octanol–water partition coefficient (Wildman–Crippen LogP) is 1.78. The second-order valence-corrected chi connectivity index (χ2v) is 4.37. The molecule has 0 amide bonds. The molecule has 1 atom stereocenters. The molecule has 2 rings (SSSR count). The maximum Gasteiger partial charge on any atom is 0.252 e. The summed E-state index contributed by atoms with van der Waals surface area (Å²) in [6, 6.07) is 11.7. The van der Waals surface area contributed by atoms with E-state index in [4.69, 9.17) is 5.26 Å². The van der Waals surface area contributed by atoms with Gasteiger partial charge >= 0.3 is 0 Å². The van der Waals surface area contributed by atoms with Gasteiger partial charge in [0.2, 0.25) is 0 Å². The normalized spacial score (nSPS) is 12.2. The predicted molar refractivity (Wildman–Crippen MR) is 71.1 cm³/mol. The summed E-state index contributed by atoms with van der Waals surface area (Å²) in [4.78, 5) is 14.7. The number of hydrogen-bond donors (Lipinski definition) is 2. The van der Waals surface area contributed by atoms with Gasteiger partial charge in [0, 0.05) is 24.2 Å². The van der Waals surface area contributed by atoms with Crippen LogP contribution in [0.4, 0.5) is 0 Å². The zero-order chi connectivity index (χ0) is 13.0. The van der Waals surface area contributed by atoms with Gasteiger partial charge in [-0.25, -0.2) is 0 Å². The van der Waals surface area contributed by atoms with E-state index in [-0.39, 0.29) is 11.5 Å². The standard InChI is InChI=1S/C14H15N3O/c1-10(7-15)8-16-9-12-6-11-4-2-3-5-13(11)17-14(12)18/h2-6,10,16H,8-9H2,1H3,(H,17,18). The van der Waals surface area contributed by atoms with Crippen LogP contribution < -0.4 is 10.9 Å². The topological polar surface area (TPSA) is 68.7 Å². The zero-order valence-electron chi connectivity index (χ0n) is 10.2. The molecule has 0 aliphatic heterocycles. The van der Waals surface area contributed by atoms with Crippen LogP contribution in [0.25, 0.3) is 10.9 Å². The van der Waals surface area contributed by atoms with Gasteiger partial charge in [0.15, 0.2) is 0 Å². The lowest BCUT2D eigenvalue weighted by Crippen LogP contribution is -2.24. The van der Waals surface area contributed by atoms with Crippen molar-refractivity contribution in [2.24, 2.45) is 5.92 Å². The van der Waals surface area contributed by atoms with Gasteiger partial charge in [-0.05, 0) is 24.4 Å². The summed E-state index contributed by atoms with van der Waals surface area (Å²) in [5.74, 6) is -0.0514. The lowest BCUT2D eigenvalue weighted by atomic mass is 10.1. The summed E-state index contributed by atoms with van der Waals surface area (Å²) >= 11 is 0. The van der Waals surface area contributed by atoms with Gasteiger partial charge in [0.05, 0.1) is 12.0 Å². The van der Waals surface area contributed by atoms with Crippen molar-refractivity contribution >= 4 is 10.9 Å². The van der Waals surface area contributed by atoms with Crippen LogP contribution in [0.5, 0.6) is 0 Å². The highest BCUT2D eigenvalue weighted by molar-refractivity contribution is 5.78. The van der Waals surface area contributed by atoms with Crippen molar-refractivity contribution in [2.45, 2.75) is 13.5 Å². The fourth-order valence-corrected chi connectivity index (χ4v) is 1.79. The molecule has 0 saturated carbocycles. The van der Waals surface area contributed by atoms with E-state index < -0.39 is 0 Å². The van der Waals surface area contributed by atoms with Crippen molar-refractivity contribution < 1.29 is 0 Å². The molecule has 4 nitrogen and oxygen atoms in total. The van der Waals surface area contributed by atoms with Crippen LogP contribution in [0.2, 0.25) is 0 Å². The molecule has 92 valence electrons. The third-order valence-electron chi connectivity index (χ3n) is 2.82. The lowest BCUT2D eigenvalue weighted by molar-refractivity contribution is 0.599. The average Bonchev–Trinajstić information content (AvgIpc) is 2.39. The molecule has 0 spiro atoms. The molecule has 0 fully saturated rings. The van der Waals surface area contributed by atoms with E-state index in [2.05, 4.69) is 16.4 Å². The molecule has 4 heteroatoms. The number of benzene rings is 1. The molecule has 18 heavy (non-hydrogen) atoms. The van der Waals surface area contributed by atoms with Crippen molar-refractivity contribution in [3.63, 3.8) is 0 Å². The first-order valence-electron chi connectivity index (χ1n) is 5.92. The van der Waals surface area contributed by atoms with Gasteiger partial charge < -0.3 is 10.3 Å². The smallest absolute Gasteiger partial charge is 0.252 e. The molecule has 1 unspecified atom stereocenters. The van der Waals surface area contributed by atoms with Crippen LogP contribution in [-0.4, -0.2) is 11.5 Å². The molecule has 0 aliphatic rings. The molecule has 1 heterocycles. The molecule has 0 bridgehead atoms. The monoisotopic (exact) mass is 241 g/mol. The number of nitriles is 1. The SMILES string of the molecule is CC(C#N)CNCc1cc2ccccc2[nH]c1=O. The number of rotatable bonds is 4. The Balaban J connectivity index is 2.16. The number of nitrogens with zero attached hydrogens (tertiary/aromatic N) is 1. The number of hydrogen-bond acceptors (Lipinski definition) is 3. The first-order chi connectivity index (χ1) is 8.70. The third-order valence-corrected chi connectivity index (χ3v) is 2.82. The minimum Gasteiger partial charge on any atom is -0.322 e. The molecule has 2 aromatic rings. The van der Waals surface area contributed by atoms with Crippen molar-refractivity contribution in [1.29, 1.82) is 5.26 Å². The quantitative estimate of drug-likeness (QED) is 0.857. The van der Waals surface area contributed by atoms with E-state index in [1.54, 1.807) is 0 Å². The molecule has 1 aromatic carbocycles. The van der Waals surface area contributed by atoms with E-state index in [1.165, 1.54) is 0 Å². The summed E-state index contributed by atoms with van der Waals surface area (Å²) in [7, 11) is 0. The van der Waals surface area contributed by atoms with E-state index in [0.29, 0.717) is 18.7 Å². The van der Waals surface area contributed by atoms with Gasteiger partial charge in [-0.15, -0.1) is 0 Å². The molecule has 0 radical (unpaired) electrons. The van der Waals surface area contributed by atoms with Gasteiger partial charge in [0.1, 0.15) is 0 Å². The van der Waals surface area contributed by atoms with Gasteiger partial charge in [0.25, 0.3) is 5.56 Å². The number of aromatic nitrogens is 1. The van der Waals surface area contributed by atoms with E-state index >= 15 is 0 Å². The second-order valence-electron chi connectivity index (χ2n) is 4.37. The summed E-state index contributed by atoms with van der Waals surface area (Å²) in [6.07, 6.45) is 0. The largest absolute Gasteiger partial charge is 0.322 e. The molecule has 0 saturated heterocycles. The summed E-state index contributed by atoms with van der Waals surface area (Å²) in [5, 5.41) is 12.8. The Hall–Kier alpha value is -2.12. The number of nitrogens with one attached hydrogen (secondary N) is 2. The Morgan fingerprint density at radius 2 is 2.22 bits per heavy atom. The average molecular weight is 241 g/mol. The summed E-state index contributed by atoms with van der Waals surface area (Å²) < 4.78 is 0. The van der Waals surface area contributed by atoms with Crippen LogP contribution in [0.1, 0.15) is 12.5 Å².